The fourth-order valence-corrected chi connectivity index (χ4v) is 0.728. The van der Waals surface area contributed by atoms with Crippen LogP contribution in [0.1, 0.15) is 6.42 Å². The van der Waals surface area contributed by atoms with Gasteiger partial charge in [-0.05, 0) is 6.08 Å². The number of ether oxygens (including phenoxy) is 1. The largest absolute Gasteiger partial charge is 0.486 e. The van der Waals surface area contributed by atoms with Crippen LogP contribution in [0.15, 0.2) is 17.9 Å². The molecule has 0 N–H and O–H groups in total. The Balaban J connectivity index is 2.81. The molecule has 1 heterocycles. The van der Waals surface area contributed by atoms with Crippen molar-refractivity contribution >= 4 is 12.2 Å². The summed E-state index contributed by atoms with van der Waals surface area (Å²) in [5, 5.41) is 0. The third kappa shape index (κ3) is 1.14. The van der Waals surface area contributed by atoms with Gasteiger partial charge in [0.25, 0.3) is 0 Å². The van der Waals surface area contributed by atoms with Gasteiger partial charge in [-0.2, -0.15) is 0 Å². The molecule has 0 fully saturated rings. The summed E-state index contributed by atoms with van der Waals surface area (Å²) in [5.41, 5.74) is 0.359. The molecule has 1 rings (SSSR count). The highest BCUT2D eigenvalue weighted by Gasteiger charge is 2.16. The van der Waals surface area contributed by atoms with Gasteiger partial charge in [-0.25, -0.2) is 4.79 Å². The van der Waals surface area contributed by atoms with Crippen molar-refractivity contribution in [3.8, 4) is 0 Å². The fraction of sp³-hybridized carbons (Fsp3) is 0.286. The van der Waals surface area contributed by atoms with Gasteiger partial charge in [-0.1, -0.05) is 0 Å². The summed E-state index contributed by atoms with van der Waals surface area (Å²) in [6.07, 6.45) is 3.43. The Morgan fingerprint density at radius 1 is 1.80 bits per heavy atom. The second-order valence-electron chi connectivity index (χ2n) is 1.90. The molecule has 0 bridgehead atoms. The first kappa shape index (κ1) is 6.78. The third-order valence-electron chi connectivity index (χ3n) is 1.26. The Kier molecular flexibility index (Phi) is 2.03. The van der Waals surface area contributed by atoms with E-state index in [4.69, 9.17) is 4.74 Å². The monoisotopic (exact) mass is 138 g/mol. The molecule has 0 aromatic heterocycles. The zero-order valence-corrected chi connectivity index (χ0v) is 5.24. The number of hydrogen-bond donors (Lipinski definition) is 0. The number of aldehydes is 1. The first-order chi connectivity index (χ1) is 4.88. The van der Waals surface area contributed by atoms with Crippen LogP contribution < -0.4 is 0 Å². The van der Waals surface area contributed by atoms with Crippen molar-refractivity contribution in [1.82, 2.24) is 0 Å². The van der Waals surface area contributed by atoms with Crippen LogP contribution in [-0.4, -0.2) is 18.3 Å². The zero-order valence-electron chi connectivity index (χ0n) is 5.24. The Morgan fingerprint density at radius 2 is 2.60 bits per heavy atom. The average Bonchev–Trinajstić information content (AvgIpc) is 2.04. The molecule has 0 aromatic rings. The van der Waals surface area contributed by atoms with E-state index >= 15 is 0 Å². The summed E-state index contributed by atoms with van der Waals surface area (Å²) >= 11 is 0. The van der Waals surface area contributed by atoms with Crippen LogP contribution in [-0.2, 0) is 14.3 Å². The van der Waals surface area contributed by atoms with Crippen molar-refractivity contribution in [3.63, 3.8) is 0 Å². The minimum atomic E-state index is -0.706. The minimum Gasteiger partial charge on any atom is -0.486 e. The van der Waals surface area contributed by atoms with E-state index in [-0.39, 0.29) is 0 Å². The van der Waals surface area contributed by atoms with Gasteiger partial charge in [0.1, 0.15) is 5.94 Å². The van der Waals surface area contributed by atoms with Crippen molar-refractivity contribution in [3.05, 3.63) is 17.9 Å². The highest BCUT2D eigenvalue weighted by atomic mass is 16.5. The molecule has 52 valence electrons. The summed E-state index contributed by atoms with van der Waals surface area (Å²) in [5.74, 6) is 1.66. The van der Waals surface area contributed by atoms with E-state index in [1.54, 1.807) is 12.0 Å². The number of allylic oxidation sites excluding steroid dienone is 1. The summed E-state index contributed by atoms with van der Waals surface area (Å²) < 4.78 is 4.78. The van der Waals surface area contributed by atoms with Crippen molar-refractivity contribution in [1.29, 1.82) is 0 Å². The van der Waals surface area contributed by atoms with Gasteiger partial charge in [0.15, 0.2) is 12.4 Å². The fourth-order valence-electron chi connectivity index (χ4n) is 0.728. The molecule has 0 saturated heterocycles. The Labute approximate surface area is 58.0 Å². The SMILES string of the molecule is O=C=C1CC=COC1C=O. The Bertz CT molecular complexity index is 211. The van der Waals surface area contributed by atoms with Crippen LogP contribution in [0.5, 0.6) is 0 Å². The van der Waals surface area contributed by atoms with Crippen LogP contribution >= 0.6 is 0 Å². The molecule has 0 aromatic carbocycles. The molecule has 0 spiro atoms. The maximum atomic E-state index is 10.2. The smallest absolute Gasteiger partial charge is 0.185 e. The molecule has 1 atom stereocenters. The van der Waals surface area contributed by atoms with Gasteiger partial charge >= 0.3 is 0 Å². The zero-order chi connectivity index (χ0) is 7.40. The summed E-state index contributed by atoms with van der Waals surface area (Å²) in [7, 11) is 0. The molecular weight excluding hydrogens is 132 g/mol. The van der Waals surface area contributed by atoms with Gasteiger partial charge < -0.3 is 4.74 Å². The lowest BCUT2D eigenvalue weighted by Gasteiger charge is -2.13. The number of rotatable bonds is 1. The van der Waals surface area contributed by atoms with Crippen molar-refractivity contribution in [2.45, 2.75) is 12.5 Å². The first-order valence-corrected chi connectivity index (χ1v) is 2.88. The van der Waals surface area contributed by atoms with Gasteiger partial charge in [-0.15, -0.1) is 0 Å². The van der Waals surface area contributed by atoms with E-state index in [2.05, 4.69) is 0 Å². The number of carbonyl (C=O) groups is 1. The molecule has 3 nitrogen and oxygen atoms in total. The highest BCUT2D eigenvalue weighted by Crippen LogP contribution is 2.12. The standard InChI is InChI=1S/C7H6O3/c8-4-6-2-1-3-10-7(6)5-9/h1,3,5,7H,2H2. The van der Waals surface area contributed by atoms with E-state index in [9.17, 15) is 9.59 Å². The topological polar surface area (TPSA) is 43.4 Å². The van der Waals surface area contributed by atoms with Gasteiger partial charge in [-0.3, -0.25) is 4.79 Å². The molecule has 3 heteroatoms. The van der Waals surface area contributed by atoms with Gasteiger partial charge in [0.2, 0.25) is 0 Å². The summed E-state index contributed by atoms with van der Waals surface area (Å²) in [6, 6.07) is 0. The average molecular weight is 138 g/mol. The highest BCUT2D eigenvalue weighted by molar-refractivity contribution is 5.70. The number of carbonyl (C=O) groups excluding carboxylic acids is 2. The van der Waals surface area contributed by atoms with Gasteiger partial charge in [0, 0.05) is 6.42 Å². The number of hydrogen-bond acceptors (Lipinski definition) is 3. The van der Waals surface area contributed by atoms with Crippen molar-refractivity contribution in [2.75, 3.05) is 0 Å². The second kappa shape index (κ2) is 2.99. The van der Waals surface area contributed by atoms with E-state index in [0.717, 1.165) is 0 Å². The van der Waals surface area contributed by atoms with Crippen LogP contribution in [0.3, 0.4) is 0 Å². The van der Waals surface area contributed by atoms with E-state index < -0.39 is 6.10 Å². The molecular formula is C7H6O3. The second-order valence-corrected chi connectivity index (χ2v) is 1.90. The van der Waals surface area contributed by atoms with Crippen LogP contribution in [0.4, 0.5) is 0 Å². The molecule has 1 unspecified atom stereocenters. The van der Waals surface area contributed by atoms with E-state index in [1.807, 2.05) is 0 Å². The van der Waals surface area contributed by atoms with Crippen LogP contribution in [0.25, 0.3) is 0 Å². The molecule has 1 aliphatic rings. The van der Waals surface area contributed by atoms with E-state index in [0.29, 0.717) is 18.3 Å². The predicted octanol–water partition coefficient (Wildman–Crippen LogP) is 0.246. The quantitative estimate of drug-likeness (QED) is 0.385. The van der Waals surface area contributed by atoms with Crippen molar-refractivity contribution in [2.24, 2.45) is 0 Å². The Hall–Kier alpha value is -1.34. The predicted molar refractivity (Wildman–Crippen MR) is 33.9 cm³/mol. The maximum absolute atomic E-state index is 10.2. The molecule has 0 radical (unpaired) electrons. The van der Waals surface area contributed by atoms with Gasteiger partial charge in [0.05, 0.1) is 11.8 Å². The minimum absolute atomic E-state index is 0.359. The lowest BCUT2D eigenvalue weighted by molar-refractivity contribution is -0.113. The first-order valence-electron chi connectivity index (χ1n) is 2.88. The van der Waals surface area contributed by atoms with Crippen LogP contribution in [0, 0.1) is 0 Å². The summed E-state index contributed by atoms with van der Waals surface area (Å²) in [4.78, 5) is 20.3. The molecule has 1 aliphatic heterocycles. The Morgan fingerprint density at radius 3 is 3.10 bits per heavy atom. The van der Waals surface area contributed by atoms with Crippen molar-refractivity contribution < 1.29 is 14.3 Å². The van der Waals surface area contributed by atoms with Crippen LogP contribution in [0.2, 0.25) is 0 Å². The molecule has 10 heavy (non-hydrogen) atoms. The molecule has 0 amide bonds. The third-order valence-corrected chi connectivity index (χ3v) is 1.26. The molecule has 0 aliphatic carbocycles. The molecule has 0 saturated carbocycles. The summed E-state index contributed by atoms with van der Waals surface area (Å²) in [6.45, 7) is 0. The maximum Gasteiger partial charge on any atom is 0.185 e. The normalized spacial score (nSPS) is 23.2. The lowest BCUT2D eigenvalue weighted by Crippen LogP contribution is -2.17. The lowest BCUT2D eigenvalue weighted by atomic mass is 10.1. The van der Waals surface area contributed by atoms with E-state index in [1.165, 1.54) is 6.26 Å².